The summed E-state index contributed by atoms with van der Waals surface area (Å²) in [5.41, 5.74) is -0.166. The van der Waals surface area contributed by atoms with Gasteiger partial charge in [-0.05, 0) is 32.4 Å². The van der Waals surface area contributed by atoms with Crippen molar-refractivity contribution in [2.45, 2.75) is 44.8 Å². The Kier molecular flexibility index (Phi) is 5.41. The molecule has 2 unspecified atom stereocenters. The molecule has 1 N–H and O–H groups in total. The fourth-order valence-electron chi connectivity index (χ4n) is 3.65. The zero-order valence-corrected chi connectivity index (χ0v) is 13.0. The van der Waals surface area contributed by atoms with Gasteiger partial charge in [-0.1, -0.05) is 13.3 Å². The van der Waals surface area contributed by atoms with Crippen LogP contribution in [0.1, 0.15) is 32.6 Å². The molecule has 2 atom stereocenters. The van der Waals surface area contributed by atoms with E-state index in [1.807, 2.05) is 4.90 Å². The second-order valence-corrected chi connectivity index (χ2v) is 6.04. The highest BCUT2D eigenvalue weighted by Gasteiger charge is 2.45. The van der Waals surface area contributed by atoms with Gasteiger partial charge in [0.25, 0.3) is 0 Å². The second kappa shape index (κ2) is 6.87. The summed E-state index contributed by atoms with van der Waals surface area (Å²) in [7, 11) is 3.38. The van der Waals surface area contributed by atoms with Gasteiger partial charge in [0.1, 0.15) is 12.2 Å². The molecule has 0 spiro atoms. The molecule has 0 saturated carbocycles. The van der Waals surface area contributed by atoms with Crippen LogP contribution in [0.3, 0.4) is 0 Å². The van der Waals surface area contributed by atoms with Crippen LogP contribution in [0.2, 0.25) is 0 Å². The Balaban J connectivity index is 2.08. The van der Waals surface area contributed by atoms with Gasteiger partial charge in [-0.3, -0.25) is 4.79 Å². The van der Waals surface area contributed by atoms with Gasteiger partial charge in [-0.2, -0.15) is 0 Å². The van der Waals surface area contributed by atoms with Crippen LogP contribution in [0, 0.1) is 5.41 Å². The number of rotatable bonds is 5. The number of methoxy groups -OCH3 is 2. The van der Waals surface area contributed by atoms with Crippen molar-refractivity contribution in [1.29, 1.82) is 0 Å². The van der Waals surface area contributed by atoms with Gasteiger partial charge < -0.3 is 19.7 Å². The minimum Gasteiger partial charge on any atom is -0.377 e. The summed E-state index contributed by atoms with van der Waals surface area (Å²) in [4.78, 5) is 15.0. The number of amides is 1. The van der Waals surface area contributed by atoms with E-state index in [1.54, 1.807) is 14.2 Å². The van der Waals surface area contributed by atoms with Gasteiger partial charge in [-0.15, -0.1) is 0 Å². The quantitative estimate of drug-likeness (QED) is 0.819. The van der Waals surface area contributed by atoms with Crippen LogP contribution in [0.4, 0.5) is 0 Å². The Labute approximate surface area is 122 Å². The smallest absolute Gasteiger partial charge is 0.229 e. The largest absolute Gasteiger partial charge is 0.377 e. The normalized spacial score (nSPS) is 29.6. The van der Waals surface area contributed by atoms with Crippen molar-refractivity contribution in [1.82, 2.24) is 10.2 Å². The molecule has 0 aliphatic carbocycles. The lowest BCUT2D eigenvalue weighted by atomic mass is 9.74. The Morgan fingerprint density at radius 1 is 1.20 bits per heavy atom. The Morgan fingerprint density at radius 3 is 2.20 bits per heavy atom. The molecule has 0 radical (unpaired) electrons. The molecular formula is C15H28N2O3. The summed E-state index contributed by atoms with van der Waals surface area (Å²) < 4.78 is 10.9. The van der Waals surface area contributed by atoms with E-state index in [0.29, 0.717) is 19.0 Å². The lowest BCUT2D eigenvalue weighted by molar-refractivity contribution is -0.144. The third kappa shape index (κ3) is 3.00. The van der Waals surface area contributed by atoms with Crippen LogP contribution in [-0.2, 0) is 14.3 Å². The third-order valence-electron chi connectivity index (χ3n) is 4.85. The maximum Gasteiger partial charge on any atom is 0.229 e. The first kappa shape index (κ1) is 15.7. The van der Waals surface area contributed by atoms with Gasteiger partial charge in [0, 0.05) is 27.3 Å². The van der Waals surface area contributed by atoms with E-state index < -0.39 is 0 Å². The molecule has 2 aliphatic rings. The molecule has 0 aromatic rings. The number of likely N-dealkylation sites (tertiary alicyclic amines) is 1. The number of hydrogen-bond acceptors (Lipinski definition) is 4. The van der Waals surface area contributed by atoms with Crippen LogP contribution >= 0.6 is 0 Å². The summed E-state index contributed by atoms with van der Waals surface area (Å²) in [5.74, 6) is 0.308. The average Bonchev–Trinajstić information content (AvgIpc) is 2.91. The van der Waals surface area contributed by atoms with Gasteiger partial charge >= 0.3 is 0 Å². The second-order valence-electron chi connectivity index (χ2n) is 6.04. The topological polar surface area (TPSA) is 50.8 Å². The first-order valence-electron chi connectivity index (χ1n) is 7.72. The van der Waals surface area contributed by atoms with Crippen molar-refractivity contribution < 1.29 is 14.3 Å². The number of piperidine rings is 1. The molecule has 0 bridgehead atoms. The molecule has 0 aromatic carbocycles. The maximum atomic E-state index is 13.0. The van der Waals surface area contributed by atoms with Crippen molar-refractivity contribution in [2.24, 2.45) is 5.41 Å². The summed E-state index contributed by atoms with van der Waals surface area (Å²) in [6.07, 6.45) is 3.95. The molecule has 2 fully saturated rings. The Bertz CT molecular complexity index is 312. The molecule has 2 aliphatic heterocycles. The maximum absolute atomic E-state index is 13.0. The van der Waals surface area contributed by atoms with Crippen LogP contribution in [0.5, 0.6) is 0 Å². The predicted octanol–water partition coefficient (Wildman–Crippen LogP) is 1.03. The molecule has 2 rings (SSSR count). The summed E-state index contributed by atoms with van der Waals surface area (Å²) >= 11 is 0. The summed E-state index contributed by atoms with van der Waals surface area (Å²) in [6, 6.07) is 0. The first-order chi connectivity index (χ1) is 9.66. The fraction of sp³-hybridized carbons (Fsp3) is 0.933. The molecule has 5 nitrogen and oxygen atoms in total. The predicted molar refractivity (Wildman–Crippen MR) is 77.6 cm³/mol. The Hall–Kier alpha value is -0.650. The van der Waals surface area contributed by atoms with Crippen molar-refractivity contribution in [2.75, 3.05) is 40.4 Å². The molecule has 2 saturated heterocycles. The first-order valence-corrected chi connectivity index (χ1v) is 7.72. The number of carbonyl (C=O) groups excluding carboxylic acids is 1. The minimum absolute atomic E-state index is 0.00402. The van der Waals surface area contributed by atoms with E-state index in [-0.39, 0.29) is 17.6 Å². The van der Waals surface area contributed by atoms with Crippen LogP contribution < -0.4 is 5.32 Å². The van der Waals surface area contributed by atoms with Crippen molar-refractivity contribution in [3.8, 4) is 0 Å². The minimum atomic E-state index is -0.166. The van der Waals surface area contributed by atoms with Crippen molar-refractivity contribution >= 4 is 5.91 Å². The highest BCUT2D eigenvalue weighted by atomic mass is 16.5. The van der Waals surface area contributed by atoms with Gasteiger partial charge in [-0.25, -0.2) is 0 Å². The average molecular weight is 284 g/mol. The van der Waals surface area contributed by atoms with Gasteiger partial charge in [0.05, 0.1) is 5.41 Å². The van der Waals surface area contributed by atoms with Gasteiger partial charge in [0.15, 0.2) is 0 Å². The number of nitrogens with one attached hydrogen (secondary N) is 1. The van der Waals surface area contributed by atoms with E-state index in [1.165, 1.54) is 0 Å². The van der Waals surface area contributed by atoms with Crippen LogP contribution in [0.15, 0.2) is 0 Å². The number of nitrogens with zero attached hydrogens (tertiary/aromatic N) is 1. The number of ether oxygens (including phenoxy) is 2. The van der Waals surface area contributed by atoms with E-state index >= 15 is 0 Å². The summed E-state index contributed by atoms with van der Waals surface area (Å²) in [5, 5.41) is 3.36. The summed E-state index contributed by atoms with van der Waals surface area (Å²) in [6.45, 7) is 5.37. The number of hydrogen-bond donors (Lipinski definition) is 1. The van der Waals surface area contributed by atoms with Crippen molar-refractivity contribution in [3.63, 3.8) is 0 Å². The fourth-order valence-corrected chi connectivity index (χ4v) is 3.65. The lowest BCUT2D eigenvalue weighted by Crippen LogP contribution is -2.49. The zero-order chi connectivity index (χ0) is 14.6. The SMILES string of the molecule is CCCC1(C(=O)N2CC(OC)C(OC)C2)CCNCC1. The van der Waals surface area contributed by atoms with Crippen molar-refractivity contribution in [3.05, 3.63) is 0 Å². The van der Waals surface area contributed by atoms with Crippen LogP contribution in [-0.4, -0.2) is 63.4 Å². The molecule has 2 heterocycles. The lowest BCUT2D eigenvalue weighted by Gasteiger charge is -2.39. The highest BCUT2D eigenvalue weighted by molar-refractivity contribution is 5.83. The molecule has 1 amide bonds. The van der Waals surface area contributed by atoms with E-state index in [0.717, 1.165) is 38.8 Å². The van der Waals surface area contributed by atoms with Crippen LogP contribution in [0.25, 0.3) is 0 Å². The highest BCUT2D eigenvalue weighted by Crippen LogP contribution is 2.37. The molecule has 20 heavy (non-hydrogen) atoms. The molecule has 0 aromatic heterocycles. The zero-order valence-electron chi connectivity index (χ0n) is 13.0. The van der Waals surface area contributed by atoms with E-state index in [2.05, 4.69) is 12.2 Å². The molecule has 116 valence electrons. The Morgan fingerprint density at radius 2 is 1.75 bits per heavy atom. The van der Waals surface area contributed by atoms with E-state index in [4.69, 9.17) is 9.47 Å². The third-order valence-corrected chi connectivity index (χ3v) is 4.85. The monoisotopic (exact) mass is 284 g/mol. The van der Waals surface area contributed by atoms with Gasteiger partial charge in [0.2, 0.25) is 5.91 Å². The standard InChI is InChI=1S/C15H28N2O3/c1-4-5-15(6-8-16-9-7-15)14(18)17-10-12(19-2)13(11-17)20-3/h12-13,16H,4-11H2,1-3H3. The number of carbonyl (C=O) groups is 1. The molecule has 5 heteroatoms. The van der Waals surface area contributed by atoms with E-state index in [9.17, 15) is 4.79 Å². The molecular weight excluding hydrogens is 256 g/mol.